The van der Waals surface area contributed by atoms with Gasteiger partial charge in [0.25, 0.3) is 5.91 Å². The first-order chi connectivity index (χ1) is 14.5. The molecule has 0 unspecified atom stereocenters. The third kappa shape index (κ3) is 5.73. The molecule has 1 amide bonds. The summed E-state index contributed by atoms with van der Waals surface area (Å²) in [5, 5.41) is 5.68. The maximum absolute atomic E-state index is 11.8. The van der Waals surface area contributed by atoms with Crippen molar-refractivity contribution in [3.05, 3.63) is 58.8 Å². The second kappa shape index (κ2) is 10.1. The summed E-state index contributed by atoms with van der Waals surface area (Å²) in [6, 6.07) is 11.6. The molecule has 0 radical (unpaired) electrons. The summed E-state index contributed by atoms with van der Waals surface area (Å²) in [4.78, 5) is 11.8. The van der Waals surface area contributed by atoms with Gasteiger partial charge in [-0.2, -0.15) is 0 Å². The number of nitrogens with one attached hydrogen (secondary N) is 2. The quantitative estimate of drug-likeness (QED) is 0.360. The molecule has 0 atom stereocenters. The van der Waals surface area contributed by atoms with E-state index in [1.165, 1.54) is 11.1 Å². The van der Waals surface area contributed by atoms with Crippen LogP contribution < -0.4 is 24.8 Å². The van der Waals surface area contributed by atoms with Gasteiger partial charge in [0.15, 0.2) is 16.6 Å². The van der Waals surface area contributed by atoms with Crippen molar-refractivity contribution in [1.29, 1.82) is 0 Å². The molecule has 158 valence electrons. The van der Waals surface area contributed by atoms with Crippen molar-refractivity contribution < 1.29 is 19.0 Å². The van der Waals surface area contributed by atoms with E-state index >= 15 is 0 Å². The van der Waals surface area contributed by atoms with E-state index in [-0.39, 0.29) is 5.91 Å². The lowest BCUT2D eigenvalue weighted by atomic mass is 10.1. The molecule has 0 bridgehead atoms. The maximum atomic E-state index is 11.8. The zero-order valence-electron chi connectivity index (χ0n) is 17.4. The first kappa shape index (κ1) is 21.6. The fraction of sp³-hybridized carbons (Fsp3) is 0.304. The van der Waals surface area contributed by atoms with Crippen LogP contribution in [0.5, 0.6) is 17.2 Å². The monoisotopic (exact) mass is 426 g/mol. The molecule has 1 heterocycles. The molecule has 3 rings (SSSR count). The number of carbonyl (C=O) groups excluding carboxylic acids is 1. The number of hydrogen-bond acceptors (Lipinski definition) is 5. The number of rotatable bonds is 9. The zero-order chi connectivity index (χ0) is 21.5. The van der Waals surface area contributed by atoms with Crippen molar-refractivity contribution in [1.82, 2.24) is 10.6 Å². The van der Waals surface area contributed by atoms with E-state index in [0.29, 0.717) is 42.1 Å². The molecule has 1 aliphatic rings. The summed E-state index contributed by atoms with van der Waals surface area (Å²) in [7, 11) is 0. The van der Waals surface area contributed by atoms with Gasteiger partial charge in [0.05, 0.1) is 19.8 Å². The number of hydrogen-bond donors (Lipinski definition) is 2. The Morgan fingerprint density at radius 1 is 0.933 bits per heavy atom. The highest BCUT2D eigenvalue weighted by Gasteiger charge is 2.20. The summed E-state index contributed by atoms with van der Waals surface area (Å²) in [6.45, 7) is 7.65. The van der Waals surface area contributed by atoms with Crippen LogP contribution in [0, 0.1) is 13.8 Å². The van der Waals surface area contributed by atoms with Crippen molar-refractivity contribution >= 4 is 29.3 Å². The minimum atomic E-state index is -0.248. The Balaban J connectivity index is 1.56. The molecule has 0 saturated carbocycles. The lowest BCUT2D eigenvalue weighted by molar-refractivity contribution is -0.115. The number of thiocarbonyl (C=S) groups is 1. The molecule has 30 heavy (non-hydrogen) atoms. The highest BCUT2D eigenvalue weighted by atomic mass is 32.1. The Morgan fingerprint density at radius 3 is 2.43 bits per heavy atom. The van der Waals surface area contributed by atoms with Crippen LogP contribution in [-0.2, 0) is 4.79 Å². The molecule has 0 spiro atoms. The second-order valence-corrected chi connectivity index (χ2v) is 7.31. The van der Waals surface area contributed by atoms with Gasteiger partial charge in [0, 0.05) is 6.42 Å². The van der Waals surface area contributed by atoms with Crippen LogP contribution in [0.15, 0.2) is 42.1 Å². The summed E-state index contributed by atoms with van der Waals surface area (Å²) >= 11 is 4.95. The van der Waals surface area contributed by atoms with Gasteiger partial charge in [-0.3, -0.25) is 10.1 Å². The van der Waals surface area contributed by atoms with Gasteiger partial charge in [0.1, 0.15) is 11.4 Å². The number of benzene rings is 2. The van der Waals surface area contributed by atoms with Crippen LogP contribution in [0.3, 0.4) is 0 Å². The largest absolute Gasteiger partial charge is 0.493 e. The van der Waals surface area contributed by atoms with Crippen LogP contribution in [0.1, 0.15) is 30.0 Å². The fourth-order valence-electron chi connectivity index (χ4n) is 2.89. The standard InChI is InChI=1S/C23H26N2O4S/c1-4-27-21-14-17(13-19-22(26)25-23(30)24-19)7-9-20(21)29-11-5-10-28-18-8-6-15(2)16(3)12-18/h6-9,12-14H,4-5,10-11H2,1-3H3,(H2,24,25,26,30)/b19-13-. The van der Waals surface area contributed by atoms with Gasteiger partial charge in [-0.25, -0.2) is 0 Å². The van der Waals surface area contributed by atoms with Crippen LogP contribution in [-0.4, -0.2) is 30.8 Å². The highest BCUT2D eigenvalue weighted by Crippen LogP contribution is 2.29. The first-order valence-electron chi connectivity index (χ1n) is 9.90. The summed E-state index contributed by atoms with van der Waals surface area (Å²) in [5.74, 6) is 1.91. The molecule has 1 aliphatic heterocycles. The minimum Gasteiger partial charge on any atom is -0.493 e. The number of ether oxygens (including phenoxy) is 3. The lowest BCUT2D eigenvalue weighted by Crippen LogP contribution is -2.21. The second-order valence-electron chi connectivity index (χ2n) is 6.90. The Bertz CT molecular complexity index is 972. The third-order valence-electron chi connectivity index (χ3n) is 4.59. The van der Waals surface area contributed by atoms with Crippen LogP contribution in [0.2, 0.25) is 0 Å². The van der Waals surface area contributed by atoms with Crippen LogP contribution >= 0.6 is 12.2 Å². The normalized spacial score (nSPS) is 14.4. The van der Waals surface area contributed by atoms with Gasteiger partial charge in [-0.05, 0) is 80.0 Å². The Hall–Kier alpha value is -3.06. The van der Waals surface area contributed by atoms with Gasteiger partial charge in [-0.15, -0.1) is 0 Å². The molecule has 1 saturated heterocycles. The maximum Gasteiger partial charge on any atom is 0.273 e. The van der Waals surface area contributed by atoms with E-state index in [9.17, 15) is 4.79 Å². The van der Waals surface area contributed by atoms with Crippen LogP contribution in [0.25, 0.3) is 6.08 Å². The van der Waals surface area contributed by atoms with Gasteiger partial charge >= 0.3 is 0 Å². The zero-order valence-corrected chi connectivity index (χ0v) is 18.2. The van der Waals surface area contributed by atoms with E-state index in [0.717, 1.165) is 17.7 Å². The van der Waals surface area contributed by atoms with Crippen molar-refractivity contribution in [3.8, 4) is 17.2 Å². The lowest BCUT2D eigenvalue weighted by Gasteiger charge is -2.13. The van der Waals surface area contributed by atoms with E-state index in [1.807, 2.05) is 37.3 Å². The Kier molecular flexibility index (Phi) is 7.30. The highest BCUT2D eigenvalue weighted by molar-refractivity contribution is 7.80. The van der Waals surface area contributed by atoms with E-state index in [1.54, 1.807) is 6.08 Å². The number of aryl methyl sites for hydroxylation is 2. The molecule has 7 heteroatoms. The molecule has 1 fully saturated rings. The molecule has 6 nitrogen and oxygen atoms in total. The third-order valence-corrected chi connectivity index (χ3v) is 4.80. The van der Waals surface area contributed by atoms with Crippen molar-refractivity contribution in [2.45, 2.75) is 27.2 Å². The first-order valence-corrected chi connectivity index (χ1v) is 10.3. The Morgan fingerprint density at radius 2 is 1.73 bits per heavy atom. The molecule has 2 aromatic carbocycles. The smallest absolute Gasteiger partial charge is 0.273 e. The Labute approximate surface area is 182 Å². The predicted molar refractivity (Wildman–Crippen MR) is 121 cm³/mol. The van der Waals surface area contributed by atoms with Crippen LogP contribution in [0.4, 0.5) is 0 Å². The molecule has 0 aliphatic carbocycles. The number of amides is 1. The molecule has 2 aromatic rings. The molecule has 2 N–H and O–H groups in total. The summed E-state index contributed by atoms with van der Waals surface area (Å²) < 4.78 is 17.4. The summed E-state index contributed by atoms with van der Waals surface area (Å²) in [5.41, 5.74) is 3.68. The van der Waals surface area contributed by atoms with Gasteiger partial charge < -0.3 is 19.5 Å². The SMILES string of the molecule is CCOc1cc(/C=C2\NC(=S)NC2=O)ccc1OCCCOc1ccc(C)c(C)c1. The van der Waals surface area contributed by atoms with Crippen molar-refractivity contribution in [3.63, 3.8) is 0 Å². The minimum absolute atomic E-state index is 0.248. The fourth-order valence-corrected chi connectivity index (χ4v) is 3.09. The van der Waals surface area contributed by atoms with E-state index in [4.69, 9.17) is 26.4 Å². The average molecular weight is 427 g/mol. The van der Waals surface area contributed by atoms with E-state index < -0.39 is 0 Å². The van der Waals surface area contributed by atoms with Crippen molar-refractivity contribution in [2.75, 3.05) is 19.8 Å². The summed E-state index contributed by atoms with van der Waals surface area (Å²) in [6.07, 6.45) is 2.46. The molecule has 0 aromatic heterocycles. The predicted octanol–water partition coefficient (Wildman–Crippen LogP) is 3.90. The molecular weight excluding hydrogens is 400 g/mol. The topological polar surface area (TPSA) is 68.8 Å². The molecular formula is C23H26N2O4S. The van der Waals surface area contributed by atoms with E-state index in [2.05, 4.69) is 30.5 Å². The average Bonchev–Trinajstić information content (AvgIpc) is 3.02. The van der Waals surface area contributed by atoms with Gasteiger partial charge in [-0.1, -0.05) is 12.1 Å². The van der Waals surface area contributed by atoms with Crippen molar-refractivity contribution in [2.24, 2.45) is 0 Å². The number of carbonyl (C=O) groups is 1. The van der Waals surface area contributed by atoms with Gasteiger partial charge in [0.2, 0.25) is 0 Å².